The molecule has 0 atom stereocenters. The molecule has 0 bridgehead atoms. The van der Waals surface area contributed by atoms with E-state index in [-0.39, 0.29) is 0 Å². The number of hydrogen-bond acceptors (Lipinski definition) is 3. The van der Waals surface area contributed by atoms with E-state index in [1.54, 1.807) is 0 Å². The summed E-state index contributed by atoms with van der Waals surface area (Å²) in [5.74, 6) is 1.15. The summed E-state index contributed by atoms with van der Waals surface area (Å²) in [4.78, 5) is 9.70. The standard InChI is InChI=1S/C22H32N4/c1-17(2)23-13-7-14-24-22-19-11-5-9-18-10-6-12-20(21(18)19)26(22)16-8-15-25(3)4/h5-6,9-12,17,23H,7-8,13-16H2,1-4H3. The fourth-order valence-corrected chi connectivity index (χ4v) is 3.59. The van der Waals surface area contributed by atoms with Crippen LogP contribution in [0.4, 0.5) is 5.69 Å². The first-order valence-corrected chi connectivity index (χ1v) is 9.80. The lowest BCUT2D eigenvalue weighted by molar-refractivity contribution is 0.403. The molecule has 0 aliphatic carbocycles. The van der Waals surface area contributed by atoms with Gasteiger partial charge in [0.05, 0.1) is 5.69 Å². The van der Waals surface area contributed by atoms with Gasteiger partial charge >= 0.3 is 0 Å². The molecule has 0 spiro atoms. The molecule has 0 radical (unpaired) electrons. The summed E-state index contributed by atoms with van der Waals surface area (Å²) < 4.78 is 0. The van der Waals surface area contributed by atoms with Gasteiger partial charge in [-0.25, -0.2) is 0 Å². The smallest absolute Gasteiger partial charge is 0.136 e. The van der Waals surface area contributed by atoms with Gasteiger partial charge in [-0.2, -0.15) is 0 Å². The van der Waals surface area contributed by atoms with E-state index in [1.807, 2.05) is 0 Å². The minimum atomic E-state index is 0.537. The second-order valence-corrected chi connectivity index (χ2v) is 7.66. The molecule has 0 amide bonds. The van der Waals surface area contributed by atoms with E-state index in [9.17, 15) is 0 Å². The highest BCUT2D eigenvalue weighted by molar-refractivity contribution is 6.27. The third kappa shape index (κ3) is 4.25. The van der Waals surface area contributed by atoms with Crippen LogP contribution in [0.3, 0.4) is 0 Å². The van der Waals surface area contributed by atoms with Crippen molar-refractivity contribution in [1.82, 2.24) is 10.2 Å². The SMILES string of the molecule is CC(C)NCCCN=C1c2cccc3cccc(c23)N1CCCN(C)C. The second kappa shape index (κ2) is 8.65. The van der Waals surface area contributed by atoms with Crippen molar-refractivity contribution in [3.8, 4) is 0 Å². The molecule has 2 aromatic carbocycles. The first-order valence-electron chi connectivity index (χ1n) is 9.80. The van der Waals surface area contributed by atoms with E-state index < -0.39 is 0 Å². The molecule has 0 unspecified atom stereocenters. The number of hydrogen-bond donors (Lipinski definition) is 1. The molecule has 1 heterocycles. The zero-order valence-corrected chi connectivity index (χ0v) is 16.6. The Morgan fingerprint density at radius 3 is 2.58 bits per heavy atom. The van der Waals surface area contributed by atoms with Gasteiger partial charge in [-0.3, -0.25) is 4.99 Å². The molecule has 1 N–H and O–H groups in total. The normalized spacial score (nSPS) is 15.2. The van der Waals surface area contributed by atoms with Gasteiger partial charge in [-0.1, -0.05) is 44.2 Å². The first-order chi connectivity index (χ1) is 12.6. The van der Waals surface area contributed by atoms with Crippen molar-refractivity contribution < 1.29 is 0 Å². The van der Waals surface area contributed by atoms with Crippen LogP contribution in [0, 0.1) is 0 Å². The Balaban J connectivity index is 1.81. The number of aliphatic imine (C=N–C) groups is 1. The molecule has 4 heteroatoms. The van der Waals surface area contributed by atoms with Gasteiger partial charge < -0.3 is 15.1 Å². The summed E-state index contributed by atoms with van der Waals surface area (Å²) in [6.45, 7) is 8.36. The zero-order valence-electron chi connectivity index (χ0n) is 16.6. The highest BCUT2D eigenvalue weighted by Crippen LogP contribution is 2.37. The van der Waals surface area contributed by atoms with Crippen molar-refractivity contribution in [3.63, 3.8) is 0 Å². The summed E-state index contributed by atoms with van der Waals surface area (Å²) in [5.41, 5.74) is 2.61. The van der Waals surface area contributed by atoms with Gasteiger partial charge in [0.15, 0.2) is 0 Å². The molecule has 0 fully saturated rings. The fraction of sp³-hybridized carbons (Fsp3) is 0.500. The zero-order chi connectivity index (χ0) is 18.5. The molecule has 4 nitrogen and oxygen atoms in total. The Morgan fingerprint density at radius 2 is 1.85 bits per heavy atom. The number of nitrogens with zero attached hydrogens (tertiary/aromatic N) is 3. The lowest BCUT2D eigenvalue weighted by Crippen LogP contribution is -2.31. The van der Waals surface area contributed by atoms with Crippen molar-refractivity contribution in [1.29, 1.82) is 0 Å². The van der Waals surface area contributed by atoms with Gasteiger partial charge in [0.1, 0.15) is 5.84 Å². The Bertz CT molecular complexity index is 759. The van der Waals surface area contributed by atoms with Gasteiger partial charge in [-0.15, -0.1) is 0 Å². The van der Waals surface area contributed by atoms with Gasteiger partial charge in [0.2, 0.25) is 0 Å². The Labute approximate surface area is 157 Å². The quantitative estimate of drug-likeness (QED) is 0.698. The molecule has 26 heavy (non-hydrogen) atoms. The van der Waals surface area contributed by atoms with Gasteiger partial charge in [0.25, 0.3) is 0 Å². The van der Waals surface area contributed by atoms with E-state index in [0.29, 0.717) is 6.04 Å². The third-order valence-electron chi connectivity index (χ3n) is 4.81. The topological polar surface area (TPSA) is 30.9 Å². The fourth-order valence-electron chi connectivity index (χ4n) is 3.59. The molecular weight excluding hydrogens is 320 g/mol. The average Bonchev–Trinajstić information content (AvgIpc) is 2.90. The molecule has 0 aromatic heterocycles. The second-order valence-electron chi connectivity index (χ2n) is 7.66. The van der Waals surface area contributed by atoms with Crippen LogP contribution < -0.4 is 10.2 Å². The van der Waals surface area contributed by atoms with Crippen molar-refractivity contribution >= 4 is 22.3 Å². The minimum Gasteiger partial charge on any atom is -0.326 e. The molecule has 140 valence electrons. The molecule has 0 saturated carbocycles. The van der Waals surface area contributed by atoms with Crippen LogP contribution in [0.1, 0.15) is 32.3 Å². The predicted octanol–water partition coefficient (Wildman–Crippen LogP) is 3.75. The Hall–Kier alpha value is -1.91. The van der Waals surface area contributed by atoms with E-state index in [0.717, 1.165) is 44.9 Å². The molecule has 2 aromatic rings. The maximum absolute atomic E-state index is 5.03. The minimum absolute atomic E-state index is 0.537. The predicted molar refractivity (Wildman–Crippen MR) is 114 cm³/mol. The van der Waals surface area contributed by atoms with Crippen LogP contribution in [-0.2, 0) is 0 Å². The Kier molecular flexibility index (Phi) is 6.28. The van der Waals surface area contributed by atoms with Crippen LogP contribution in [0.25, 0.3) is 10.8 Å². The monoisotopic (exact) mass is 352 g/mol. The maximum atomic E-state index is 5.03. The number of nitrogens with one attached hydrogen (secondary N) is 1. The Morgan fingerprint density at radius 1 is 1.08 bits per heavy atom. The molecular formula is C22H32N4. The van der Waals surface area contributed by atoms with Crippen LogP contribution in [-0.4, -0.2) is 57.1 Å². The summed E-state index contributed by atoms with van der Waals surface area (Å²) in [5, 5.41) is 6.15. The maximum Gasteiger partial charge on any atom is 0.136 e. The number of rotatable bonds is 9. The van der Waals surface area contributed by atoms with E-state index in [1.165, 1.54) is 22.0 Å². The largest absolute Gasteiger partial charge is 0.326 e. The summed E-state index contributed by atoms with van der Waals surface area (Å²) in [6, 6.07) is 13.7. The number of benzene rings is 2. The van der Waals surface area contributed by atoms with E-state index in [4.69, 9.17) is 4.99 Å². The summed E-state index contributed by atoms with van der Waals surface area (Å²) >= 11 is 0. The van der Waals surface area contributed by atoms with Gasteiger partial charge in [0, 0.05) is 30.1 Å². The van der Waals surface area contributed by atoms with Crippen molar-refractivity contribution in [2.45, 2.75) is 32.7 Å². The molecule has 0 saturated heterocycles. The van der Waals surface area contributed by atoms with Crippen molar-refractivity contribution in [3.05, 3.63) is 42.0 Å². The van der Waals surface area contributed by atoms with Crippen LogP contribution in [0.15, 0.2) is 41.4 Å². The number of amidine groups is 1. The van der Waals surface area contributed by atoms with Gasteiger partial charge in [-0.05, 0) is 51.5 Å². The summed E-state index contributed by atoms with van der Waals surface area (Å²) in [7, 11) is 4.27. The van der Waals surface area contributed by atoms with E-state index in [2.05, 4.69) is 79.5 Å². The first kappa shape index (κ1) is 18.9. The van der Waals surface area contributed by atoms with Crippen LogP contribution in [0.2, 0.25) is 0 Å². The lowest BCUT2D eigenvalue weighted by Gasteiger charge is -2.22. The van der Waals surface area contributed by atoms with Crippen molar-refractivity contribution in [2.75, 3.05) is 45.2 Å². The van der Waals surface area contributed by atoms with Crippen LogP contribution in [0.5, 0.6) is 0 Å². The lowest BCUT2D eigenvalue weighted by atomic mass is 10.1. The van der Waals surface area contributed by atoms with Crippen LogP contribution >= 0.6 is 0 Å². The van der Waals surface area contributed by atoms with Crippen molar-refractivity contribution in [2.24, 2.45) is 4.99 Å². The molecule has 1 aliphatic heterocycles. The van der Waals surface area contributed by atoms with E-state index >= 15 is 0 Å². The molecule has 3 rings (SSSR count). The highest BCUT2D eigenvalue weighted by atomic mass is 15.2. The number of anilines is 1. The average molecular weight is 353 g/mol. The third-order valence-corrected chi connectivity index (χ3v) is 4.81. The summed E-state index contributed by atoms with van der Waals surface area (Å²) in [6.07, 6.45) is 2.20. The highest BCUT2D eigenvalue weighted by Gasteiger charge is 2.27. The molecule has 1 aliphatic rings.